The second-order valence-electron chi connectivity index (χ2n) is 6.81. The summed E-state index contributed by atoms with van der Waals surface area (Å²) in [7, 11) is 0. The fourth-order valence-electron chi connectivity index (χ4n) is 3.65. The SMILES string of the molecule is CCN(CC)C(=O)[C@@H]1C[C@@H](NC(=O)c2ccc[nH]2)CN1Cc1cccnc1. The van der Waals surface area contributed by atoms with Gasteiger partial charge in [-0.3, -0.25) is 19.5 Å². The van der Waals surface area contributed by atoms with Crippen molar-refractivity contribution >= 4 is 11.8 Å². The van der Waals surface area contributed by atoms with Crippen LogP contribution in [-0.4, -0.2) is 63.3 Å². The lowest BCUT2D eigenvalue weighted by atomic mass is 10.1. The molecule has 3 rings (SSSR count). The van der Waals surface area contributed by atoms with E-state index in [2.05, 4.69) is 20.2 Å². The Bertz CT molecular complexity index is 743. The Morgan fingerprint density at radius 1 is 1.30 bits per heavy atom. The van der Waals surface area contributed by atoms with Crippen molar-refractivity contribution in [3.8, 4) is 0 Å². The summed E-state index contributed by atoms with van der Waals surface area (Å²) in [6.45, 7) is 6.64. The molecule has 1 aliphatic heterocycles. The van der Waals surface area contributed by atoms with Gasteiger partial charge in [-0.15, -0.1) is 0 Å². The number of likely N-dealkylation sites (N-methyl/N-ethyl adjacent to an activating group) is 1. The molecule has 2 aromatic heterocycles. The molecule has 2 N–H and O–H groups in total. The molecule has 0 saturated carbocycles. The molecule has 7 nitrogen and oxygen atoms in total. The molecule has 0 spiro atoms. The number of hydrogen-bond donors (Lipinski definition) is 2. The van der Waals surface area contributed by atoms with Crippen LogP contribution in [0.2, 0.25) is 0 Å². The van der Waals surface area contributed by atoms with Crippen molar-refractivity contribution in [2.45, 2.75) is 38.9 Å². The number of amides is 2. The summed E-state index contributed by atoms with van der Waals surface area (Å²) in [6.07, 6.45) is 5.90. The van der Waals surface area contributed by atoms with Crippen LogP contribution in [-0.2, 0) is 11.3 Å². The predicted octanol–water partition coefficient (Wildman–Crippen LogP) is 1.65. The number of hydrogen-bond acceptors (Lipinski definition) is 4. The zero-order valence-electron chi connectivity index (χ0n) is 15.9. The van der Waals surface area contributed by atoms with E-state index in [0.29, 0.717) is 38.3 Å². The van der Waals surface area contributed by atoms with Gasteiger partial charge in [0, 0.05) is 50.8 Å². The Labute approximate surface area is 159 Å². The highest BCUT2D eigenvalue weighted by Gasteiger charge is 2.39. The summed E-state index contributed by atoms with van der Waals surface area (Å²) in [5, 5.41) is 3.06. The Hall–Kier alpha value is -2.67. The Morgan fingerprint density at radius 2 is 2.11 bits per heavy atom. The van der Waals surface area contributed by atoms with Gasteiger partial charge in [0.1, 0.15) is 5.69 Å². The molecule has 3 heterocycles. The molecule has 1 aliphatic rings. The van der Waals surface area contributed by atoms with Gasteiger partial charge in [0.15, 0.2) is 0 Å². The second kappa shape index (κ2) is 8.81. The maximum atomic E-state index is 13.0. The first-order chi connectivity index (χ1) is 13.1. The van der Waals surface area contributed by atoms with E-state index in [9.17, 15) is 9.59 Å². The number of aromatic amines is 1. The van der Waals surface area contributed by atoms with Crippen molar-refractivity contribution in [3.05, 3.63) is 54.1 Å². The highest BCUT2D eigenvalue weighted by Crippen LogP contribution is 2.23. The van der Waals surface area contributed by atoms with Crippen LogP contribution in [0.4, 0.5) is 0 Å². The average Bonchev–Trinajstić information content (AvgIpc) is 3.34. The number of carbonyl (C=O) groups excluding carboxylic acids is 2. The molecule has 0 bridgehead atoms. The molecule has 144 valence electrons. The van der Waals surface area contributed by atoms with Crippen LogP contribution in [0.1, 0.15) is 36.3 Å². The standard InChI is InChI=1S/C20H27N5O2/c1-3-24(4-2)20(27)18-11-16(23-19(26)17-8-6-10-22-17)14-25(18)13-15-7-5-9-21-12-15/h5-10,12,16,18,22H,3-4,11,13-14H2,1-2H3,(H,23,26)/t16-,18+/m1/s1. The van der Waals surface area contributed by atoms with Gasteiger partial charge in [-0.05, 0) is 44.0 Å². The maximum absolute atomic E-state index is 13.0. The first-order valence-corrected chi connectivity index (χ1v) is 9.48. The van der Waals surface area contributed by atoms with Crippen LogP contribution in [0.3, 0.4) is 0 Å². The van der Waals surface area contributed by atoms with Gasteiger partial charge in [-0.25, -0.2) is 0 Å². The fourth-order valence-corrected chi connectivity index (χ4v) is 3.65. The van der Waals surface area contributed by atoms with E-state index in [0.717, 1.165) is 5.56 Å². The zero-order chi connectivity index (χ0) is 19.2. The smallest absolute Gasteiger partial charge is 0.267 e. The minimum absolute atomic E-state index is 0.0676. The summed E-state index contributed by atoms with van der Waals surface area (Å²) in [6, 6.07) is 7.15. The van der Waals surface area contributed by atoms with Gasteiger partial charge in [-0.2, -0.15) is 0 Å². The summed E-state index contributed by atoms with van der Waals surface area (Å²) >= 11 is 0. The van der Waals surface area contributed by atoms with E-state index in [1.165, 1.54) is 0 Å². The van der Waals surface area contributed by atoms with Gasteiger partial charge in [0.05, 0.1) is 6.04 Å². The molecular weight excluding hydrogens is 342 g/mol. The first-order valence-electron chi connectivity index (χ1n) is 9.48. The van der Waals surface area contributed by atoms with Gasteiger partial charge >= 0.3 is 0 Å². The topological polar surface area (TPSA) is 81.3 Å². The zero-order valence-corrected chi connectivity index (χ0v) is 15.9. The van der Waals surface area contributed by atoms with E-state index in [1.54, 1.807) is 24.5 Å². The third kappa shape index (κ3) is 4.54. The molecule has 2 aromatic rings. The van der Waals surface area contributed by atoms with E-state index in [1.807, 2.05) is 37.1 Å². The van der Waals surface area contributed by atoms with Crippen LogP contribution < -0.4 is 5.32 Å². The Morgan fingerprint density at radius 3 is 2.74 bits per heavy atom. The maximum Gasteiger partial charge on any atom is 0.267 e. The van der Waals surface area contributed by atoms with Crippen LogP contribution in [0.15, 0.2) is 42.9 Å². The minimum atomic E-state index is -0.237. The van der Waals surface area contributed by atoms with Crippen LogP contribution in [0.5, 0.6) is 0 Å². The van der Waals surface area contributed by atoms with Crippen molar-refractivity contribution in [1.82, 2.24) is 25.1 Å². The van der Waals surface area contributed by atoms with Gasteiger partial charge < -0.3 is 15.2 Å². The summed E-state index contributed by atoms with van der Waals surface area (Å²) in [4.78, 5) is 36.5. The normalized spacial score (nSPS) is 19.8. The Balaban J connectivity index is 1.73. The number of nitrogens with zero attached hydrogens (tertiary/aromatic N) is 3. The largest absolute Gasteiger partial charge is 0.357 e. The number of H-pyrrole nitrogens is 1. The number of carbonyl (C=O) groups is 2. The molecule has 2 amide bonds. The van der Waals surface area contributed by atoms with E-state index < -0.39 is 0 Å². The van der Waals surface area contributed by atoms with Crippen molar-refractivity contribution in [1.29, 1.82) is 0 Å². The molecule has 2 atom stereocenters. The second-order valence-corrected chi connectivity index (χ2v) is 6.81. The molecule has 7 heteroatoms. The fraction of sp³-hybridized carbons (Fsp3) is 0.450. The van der Waals surface area contributed by atoms with Crippen molar-refractivity contribution < 1.29 is 9.59 Å². The van der Waals surface area contributed by atoms with E-state index >= 15 is 0 Å². The van der Waals surface area contributed by atoms with Crippen molar-refractivity contribution in [2.24, 2.45) is 0 Å². The average molecular weight is 369 g/mol. The highest BCUT2D eigenvalue weighted by molar-refractivity contribution is 5.92. The van der Waals surface area contributed by atoms with Crippen molar-refractivity contribution in [2.75, 3.05) is 19.6 Å². The van der Waals surface area contributed by atoms with Gasteiger partial charge in [0.2, 0.25) is 5.91 Å². The summed E-state index contributed by atoms with van der Waals surface area (Å²) < 4.78 is 0. The monoisotopic (exact) mass is 369 g/mol. The number of nitrogens with one attached hydrogen (secondary N) is 2. The lowest BCUT2D eigenvalue weighted by molar-refractivity contribution is -0.135. The highest BCUT2D eigenvalue weighted by atomic mass is 16.2. The number of pyridine rings is 1. The number of aromatic nitrogens is 2. The molecule has 0 radical (unpaired) electrons. The molecule has 27 heavy (non-hydrogen) atoms. The van der Waals surface area contributed by atoms with Gasteiger partial charge in [0.25, 0.3) is 5.91 Å². The summed E-state index contributed by atoms with van der Waals surface area (Å²) in [5.74, 6) is -0.0113. The predicted molar refractivity (Wildman–Crippen MR) is 103 cm³/mol. The molecule has 0 aliphatic carbocycles. The van der Waals surface area contributed by atoms with Crippen LogP contribution >= 0.6 is 0 Å². The molecule has 1 saturated heterocycles. The quantitative estimate of drug-likeness (QED) is 0.778. The number of likely N-dealkylation sites (tertiary alicyclic amines) is 1. The molecular formula is C20H27N5O2. The van der Waals surface area contributed by atoms with E-state index in [4.69, 9.17) is 0 Å². The lowest BCUT2D eigenvalue weighted by Gasteiger charge is -2.28. The molecule has 0 unspecified atom stereocenters. The third-order valence-corrected chi connectivity index (χ3v) is 5.05. The summed E-state index contributed by atoms with van der Waals surface area (Å²) in [5.41, 5.74) is 1.60. The third-order valence-electron chi connectivity index (χ3n) is 5.05. The van der Waals surface area contributed by atoms with Gasteiger partial charge in [-0.1, -0.05) is 6.07 Å². The lowest BCUT2D eigenvalue weighted by Crippen LogP contribution is -2.45. The first kappa shape index (κ1) is 19.1. The van der Waals surface area contributed by atoms with Crippen molar-refractivity contribution in [3.63, 3.8) is 0 Å². The van der Waals surface area contributed by atoms with Crippen LogP contribution in [0.25, 0.3) is 0 Å². The van der Waals surface area contributed by atoms with E-state index in [-0.39, 0.29) is 23.9 Å². The minimum Gasteiger partial charge on any atom is -0.357 e. The molecule has 1 fully saturated rings. The van der Waals surface area contributed by atoms with Crippen LogP contribution in [0, 0.1) is 0 Å². The Kier molecular flexibility index (Phi) is 6.24. The molecule has 0 aromatic carbocycles. The number of rotatable bonds is 7.